The normalized spacial score (nSPS) is 15.2. The highest BCUT2D eigenvalue weighted by atomic mass is 16.5. The maximum atomic E-state index is 11.7. The van der Waals surface area contributed by atoms with Crippen molar-refractivity contribution < 1.29 is 14.6 Å². The summed E-state index contributed by atoms with van der Waals surface area (Å²) in [5.74, 6) is -0.329. The standard InChI is InChI=1S/C31H36N4O3/c1-31(2,37)22-34-18-16-33(17-19-34)20-23-4-8-25(9-5-23)27-12-14-32-29-28(27)13-15-35(29)21-24-6-10-26(11-7-24)30(36)38-3/h4-15,37H,16-22H2,1-3H3. The minimum Gasteiger partial charge on any atom is -0.465 e. The fraction of sp³-hybridized carbons (Fsp3) is 0.355. The van der Waals surface area contributed by atoms with Crippen LogP contribution in [0.3, 0.4) is 0 Å². The summed E-state index contributed by atoms with van der Waals surface area (Å²) >= 11 is 0. The number of rotatable bonds is 8. The zero-order chi connectivity index (χ0) is 26.7. The van der Waals surface area contributed by atoms with Crippen molar-refractivity contribution >= 4 is 17.0 Å². The van der Waals surface area contributed by atoms with E-state index in [-0.39, 0.29) is 5.97 Å². The van der Waals surface area contributed by atoms with Crippen molar-refractivity contribution in [1.29, 1.82) is 0 Å². The zero-order valence-corrected chi connectivity index (χ0v) is 22.4. The Morgan fingerprint density at radius 1 is 0.895 bits per heavy atom. The van der Waals surface area contributed by atoms with E-state index in [0.717, 1.165) is 55.9 Å². The van der Waals surface area contributed by atoms with Crippen LogP contribution in [0, 0.1) is 0 Å². The van der Waals surface area contributed by atoms with Gasteiger partial charge in [0.2, 0.25) is 0 Å². The molecule has 0 aliphatic carbocycles. The predicted molar refractivity (Wildman–Crippen MR) is 150 cm³/mol. The molecule has 2 aromatic carbocycles. The third-order valence-electron chi connectivity index (χ3n) is 7.14. The summed E-state index contributed by atoms with van der Waals surface area (Å²) in [6, 6.07) is 20.6. The van der Waals surface area contributed by atoms with Crippen LogP contribution in [0.25, 0.3) is 22.2 Å². The predicted octanol–water partition coefficient (Wildman–Crippen LogP) is 4.43. The molecule has 38 heavy (non-hydrogen) atoms. The molecule has 1 saturated heterocycles. The number of carbonyl (C=O) groups is 1. The summed E-state index contributed by atoms with van der Waals surface area (Å²) in [5, 5.41) is 11.2. The highest BCUT2D eigenvalue weighted by molar-refractivity contribution is 5.93. The fourth-order valence-corrected chi connectivity index (χ4v) is 5.23. The van der Waals surface area contributed by atoms with E-state index in [1.165, 1.54) is 23.8 Å². The minimum absolute atomic E-state index is 0.329. The number of β-amino-alcohol motifs (C(OH)–C–C–N with tert-alkyl or cyclic N) is 1. The van der Waals surface area contributed by atoms with Crippen molar-refractivity contribution in [1.82, 2.24) is 19.4 Å². The number of piperazine rings is 1. The first kappa shape index (κ1) is 26.1. The Balaban J connectivity index is 1.25. The van der Waals surface area contributed by atoms with Crippen LogP contribution in [0.1, 0.15) is 35.3 Å². The lowest BCUT2D eigenvalue weighted by molar-refractivity contribution is 0.0166. The monoisotopic (exact) mass is 512 g/mol. The number of hydrogen-bond donors (Lipinski definition) is 1. The van der Waals surface area contributed by atoms with Gasteiger partial charge in [0.15, 0.2) is 0 Å². The molecule has 5 rings (SSSR count). The van der Waals surface area contributed by atoms with Crippen LogP contribution < -0.4 is 0 Å². The summed E-state index contributed by atoms with van der Waals surface area (Å²) < 4.78 is 6.93. The van der Waals surface area contributed by atoms with Crippen molar-refractivity contribution in [3.8, 4) is 11.1 Å². The second kappa shape index (κ2) is 11.1. The molecule has 1 fully saturated rings. The first-order chi connectivity index (χ1) is 18.3. The zero-order valence-electron chi connectivity index (χ0n) is 22.4. The number of nitrogens with zero attached hydrogens (tertiary/aromatic N) is 4. The molecular formula is C31H36N4O3. The maximum absolute atomic E-state index is 11.7. The van der Waals surface area contributed by atoms with Gasteiger partial charge >= 0.3 is 5.97 Å². The van der Waals surface area contributed by atoms with Gasteiger partial charge in [0.25, 0.3) is 0 Å². The molecule has 0 unspecified atom stereocenters. The molecule has 1 N–H and O–H groups in total. The summed E-state index contributed by atoms with van der Waals surface area (Å²) in [7, 11) is 1.39. The van der Waals surface area contributed by atoms with Crippen LogP contribution in [0.15, 0.2) is 73.1 Å². The summed E-state index contributed by atoms with van der Waals surface area (Å²) in [5.41, 5.74) is 5.58. The summed E-state index contributed by atoms with van der Waals surface area (Å²) in [6.45, 7) is 10.1. The first-order valence-corrected chi connectivity index (χ1v) is 13.2. The Morgan fingerprint density at radius 3 is 2.18 bits per heavy atom. The van der Waals surface area contributed by atoms with Crippen molar-refractivity contribution in [3.63, 3.8) is 0 Å². The molecule has 7 heteroatoms. The molecule has 0 radical (unpaired) electrons. The van der Waals surface area contributed by atoms with E-state index in [0.29, 0.717) is 12.1 Å². The second-order valence-corrected chi connectivity index (χ2v) is 10.8. The Kier molecular flexibility index (Phi) is 7.61. The Hall–Kier alpha value is -3.52. The number of esters is 1. The highest BCUT2D eigenvalue weighted by Gasteiger charge is 2.22. The van der Waals surface area contributed by atoms with Crippen LogP contribution in [0.2, 0.25) is 0 Å². The van der Waals surface area contributed by atoms with Crippen LogP contribution >= 0.6 is 0 Å². The van der Waals surface area contributed by atoms with Gasteiger partial charge in [-0.25, -0.2) is 9.78 Å². The number of ether oxygens (including phenoxy) is 1. The van der Waals surface area contributed by atoms with Gasteiger partial charge in [-0.3, -0.25) is 9.80 Å². The van der Waals surface area contributed by atoms with Crippen molar-refractivity contribution in [2.45, 2.75) is 32.5 Å². The van der Waals surface area contributed by atoms with Crippen LogP contribution in [0.5, 0.6) is 0 Å². The Morgan fingerprint density at radius 2 is 1.53 bits per heavy atom. The molecule has 3 heterocycles. The summed E-state index contributed by atoms with van der Waals surface area (Å²) in [6.07, 6.45) is 3.94. The average molecular weight is 513 g/mol. The summed E-state index contributed by atoms with van der Waals surface area (Å²) in [4.78, 5) is 21.2. The molecule has 0 bridgehead atoms. The van der Waals surface area contributed by atoms with Gasteiger partial charge < -0.3 is 14.4 Å². The molecule has 0 amide bonds. The molecule has 0 atom stereocenters. The van der Waals surface area contributed by atoms with Gasteiger partial charge in [-0.15, -0.1) is 0 Å². The van der Waals surface area contributed by atoms with Crippen LogP contribution in [0.4, 0.5) is 0 Å². The van der Waals surface area contributed by atoms with E-state index in [9.17, 15) is 9.90 Å². The molecule has 0 saturated carbocycles. The lowest BCUT2D eigenvalue weighted by Crippen LogP contribution is -2.50. The molecule has 1 aliphatic rings. The lowest BCUT2D eigenvalue weighted by Gasteiger charge is -2.37. The van der Waals surface area contributed by atoms with E-state index in [2.05, 4.69) is 61.9 Å². The Labute approximate surface area is 224 Å². The molecule has 0 spiro atoms. The minimum atomic E-state index is -0.644. The number of hydrogen-bond acceptors (Lipinski definition) is 6. The SMILES string of the molecule is COC(=O)c1ccc(Cn2ccc3c(-c4ccc(CN5CCN(CC(C)(C)O)CC5)cc4)ccnc32)cc1. The quantitative estimate of drug-likeness (QED) is 0.352. The number of aliphatic hydroxyl groups is 1. The van der Waals surface area contributed by atoms with Crippen LogP contribution in [-0.2, 0) is 17.8 Å². The smallest absolute Gasteiger partial charge is 0.337 e. The number of aromatic nitrogens is 2. The molecular weight excluding hydrogens is 476 g/mol. The van der Waals surface area contributed by atoms with E-state index < -0.39 is 5.60 Å². The number of fused-ring (bicyclic) bond motifs is 1. The highest BCUT2D eigenvalue weighted by Crippen LogP contribution is 2.29. The number of methoxy groups -OCH3 is 1. The molecule has 4 aromatic rings. The third kappa shape index (κ3) is 6.13. The van der Waals surface area contributed by atoms with Gasteiger partial charge in [0.1, 0.15) is 5.65 Å². The molecule has 7 nitrogen and oxygen atoms in total. The van der Waals surface area contributed by atoms with E-state index >= 15 is 0 Å². The lowest BCUT2D eigenvalue weighted by atomic mass is 10.0. The van der Waals surface area contributed by atoms with E-state index in [4.69, 9.17) is 4.74 Å². The van der Waals surface area contributed by atoms with Gasteiger partial charge in [0.05, 0.1) is 18.3 Å². The van der Waals surface area contributed by atoms with Crippen LogP contribution in [-0.4, -0.2) is 75.9 Å². The number of carbonyl (C=O) groups excluding carboxylic acids is 1. The molecule has 198 valence electrons. The second-order valence-electron chi connectivity index (χ2n) is 10.8. The van der Waals surface area contributed by atoms with Crippen molar-refractivity contribution in [2.75, 3.05) is 39.8 Å². The van der Waals surface area contributed by atoms with E-state index in [1.807, 2.05) is 32.2 Å². The van der Waals surface area contributed by atoms with Crippen molar-refractivity contribution in [2.24, 2.45) is 0 Å². The van der Waals surface area contributed by atoms with E-state index in [1.54, 1.807) is 12.1 Å². The van der Waals surface area contributed by atoms with Gasteiger partial charge in [-0.2, -0.15) is 0 Å². The van der Waals surface area contributed by atoms with Gasteiger partial charge in [0, 0.05) is 63.6 Å². The average Bonchev–Trinajstić information content (AvgIpc) is 3.32. The topological polar surface area (TPSA) is 70.8 Å². The van der Waals surface area contributed by atoms with Gasteiger partial charge in [-0.05, 0) is 60.4 Å². The largest absolute Gasteiger partial charge is 0.465 e. The molecule has 1 aliphatic heterocycles. The molecule has 2 aromatic heterocycles. The van der Waals surface area contributed by atoms with Gasteiger partial charge in [-0.1, -0.05) is 36.4 Å². The maximum Gasteiger partial charge on any atom is 0.337 e. The third-order valence-corrected chi connectivity index (χ3v) is 7.14. The van der Waals surface area contributed by atoms with Crippen molar-refractivity contribution in [3.05, 3.63) is 89.7 Å². The number of benzene rings is 2. The fourth-order valence-electron chi connectivity index (χ4n) is 5.23. The first-order valence-electron chi connectivity index (χ1n) is 13.2. The number of pyridine rings is 1. The Bertz CT molecular complexity index is 1380.